The average Bonchev–Trinajstić information content (AvgIpc) is 3.09. The number of aliphatic hydroxyl groups excluding tert-OH is 1. The zero-order valence-corrected chi connectivity index (χ0v) is 12.6. The Morgan fingerprint density at radius 1 is 1.50 bits per heavy atom. The molecule has 0 radical (unpaired) electrons. The van der Waals surface area contributed by atoms with Gasteiger partial charge >= 0.3 is 5.97 Å². The quantitative estimate of drug-likeness (QED) is 0.841. The summed E-state index contributed by atoms with van der Waals surface area (Å²) in [5.74, 6) is 0.425. The average molecular weight is 304 g/mol. The van der Waals surface area contributed by atoms with Crippen molar-refractivity contribution in [2.45, 2.75) is 31.4 Å². The number of para-hydroxylation sites is 2. The van der Waals surface area contributed by atoms with Crippen molar-refractivity contribution in [2.24, 2.45) is 0 Å². The van der Waals surface area contributed by atoms with Crippen molar-refractivity contribution in [1.82, 2.24) is 9.88 Å². The van der Waals surface area contributed by atoms with Crippen LogP contribution < -0.4 is 0 Å². The first kappa shape index (κ1) is 15.0. The van der Waals surface area contributed by atoms with E-state index in [1.807, 2.05) is 29.2 Å². The molecular formula is C16H20N2O4. The van der Waals surface area contributed by atoms with E-state index in [9.17, 15) is 9.90 Å². The van der Waals surface area contributed by atoms with Crippen LogP contribution in [0.15, 0.2) is 28.7 Å². The molecule has 1 aliphatic heterocycles. The van der Waals surface area contributed by atoms with Gasteiger partial charge in [-0.1, -0.05) is 12.1 Å². The number of carbonyl (C=O) groups is 1. The number of benzene rings is 1. The van der Waals surface area contributed by atoms with Crippen LogP contribution in [-0.4, -0.2) is 53.3 Å². The van der Waals surface area contributed by atoms with E-state index in [4.69, 9.17) is 9.15 Å². The lowest BCUT2D eigenvalue weighted by Gasteiger charge is -2.21. The topological polar surface area (TPSA) is 75.8 Å². The summed E-state index contributed by atoms with van der Waals surface area (Å²) in [6, 6.07) is 7.33. The number of nitrogens with zero attached hydrogens (tertiary/aromatic N) is 2. The fraction of sp³-hybridized carbons (Fsp3) is 0.500. The molecule has 6 heteroatoms. The molecule has 0 amide bonds. The lowest BCUT2D eigenvalue weighted by Crippen LogP contribution is -2.37. The second kappa shape index (κ2) is 6.46. The minimum atomic E-state index is -0.464. The van der Waals surface area contributed by atoms with Gasteiger partial charge in [0.15, 0.2) is 11.5 Å². The van der Waals surface area contributed by atoms with Gasteiger partial charge in [0.1, 0.15) is 11.6 Å². The Hall–Kier alpha value is -1.92. The molecule has 6 nitrogen and oxygen atoms in total. The first-order chi connectivity index (χ1) is 10.7. The van der Waals surface area contributed by atoms with Gasteiger partial charge in [0.25, 0.3) is 0 Å². The van der Waals surface area contributed by atoms with Crippen molar-refractivity contribution >= 4 is 17.1 Å². The van der Waals surface area contributed by atoms with Gasteiger partial charge in [-0.15, -0.1) is 0 Å². The molecule has 1 fully saturated rings. The first-order valence-corrected chi connectivity index (χ1v) is 7.52. The van der Waals surface area contributed by atoms with E-state index in [1.165, 1.54) is 7.11 Å². The highest BCUT2D eigenvalue weighted by Crippen LogP contribution is 2.20. The number of aliphatic hydroxyl groups is 1. The number of ether oxygens (including phenoxy) is 1. The predicted molar refractivity (Wildman–Crippen MR) is 80.3 cm³/mol. The van der Waals surface area contributed by atoms with Crippen molar-refractivity contribution in [3.05, 3.63) is 30.2 Å². The van der Waals surface area contributed by atoms with E-state index in [1.54, 1.807) is 0 Å². The Bertz CT molecular complexity index is 621. The zero-order valence-electron chi connectivity index (χ0n) is 12.6. The van der Waals surface area contributed by atoms with Gasteiger partial charge in [-0.05, 0) is 25.1 Å². The highest BCUT2D eigenvalue weighted by Gasteiger charge is 2.36. The van der Waals surface area contributed by atoms with Gasteiger partial charge in [0.05, 0.1) is 13.2 Å². The molecule has 2 aromatic rings. The van der Waals surface area contributed by atoms with Crippen LogP contribution in [0.5, 0.6) is 0 Å². The Kier molecular flexibility index (Phi) is 4.40. The fourth-order valence-electron chi connectivity index (χ4n) is 2.97. The maximum atomic E-state index is 11.7. The van der Waals surface area contributed by atoms with Crippen LogP contribution >= 0.6 is 0 Å². The van der Waals surface area contributed by atoms with Gasteiger partial charge in [0.2, 0.25) is 0 Å². The van der Waals surface area contributed by atoms with Gasteiger partial charge in [-0.25, -0.2) is 4.98 Å². The molecule has 0 saturated carbocycles. The number of aromatic nitrogens is 1. The molecule has 1 saturated heterocycles. The van der Waals surface area contributed by atoms with E-state index in [2.05, 4.69) is 4.98 Å². The minimum Gasteiger partial charge on any atom is -0.468 e. The number of oxazole rings is 1. The molecule has 0 spiro atoms. The zero-order chi connectivity index (χ0) is 15.5. The summed E-state index contributed by atoms with van der Waals surface area (Å²) in [6.45, 7) is 1.21. The van der Waals surface area contributed by atoms with Crippen molar-refractivity contribution in [3.8, 4) is 0 Å². The second-order valence-corrected chi connectivity index (χ2v) is 5.60. The first-order valence-electron chi connectivity index (χ1n) is 7.52. The van der Waals surface area contributed by atoms with E-state index in [0.717, 1.165) is 17.5 Å². The van der Waals surface area contributed by atoms with Crippen LogP contribution in [0.4, 0.5) is 0 Å². The number of hydrogen-bond donors (Lipinski definition) is 1. The van der Waals surface area contributed by atoms with Crippen LogP contribution in [0.2, 0.25) is 0 Å². The molecular weight excluding hydrogens is 284 g/mol. The maximum Gasteiger partial charge on any atom is 0.323 e. The van der Waals surface area contributed by atoms with Crippen molar-refractivity contribution in [2.75, 3.05) is 20.2 Å². The summed E-state index contributed by atoms with van der Waals surface area (Å²) in [5.41, 5.74) is 1.66. The second-order valence-electron chi connectivity index (χ2n) is 5.60. The van der Waals surface area contributed by atoms with Gasteiger partial charge in [-0.3, -0.25) is 9.69 Å². The monoisotopic (exact) mass is 304 g/mol. The van der Waals surface area contributed by atoms with E-state index < -0.39 is 6.10 Å². The lowest BCUT2D eigenvalue weighted by molar-refractivity contribution is -0.145. The minimum absolute atomic E-state index is 0.279. The molecule has 2 heterocycles. The number of β-amino-alcohol motifs (C(OH)–C–C–N with tert-alkyl or cyclic N) is 1. The fourth-order valence-corrected chi connectivity index (χ4v) is 2.97. The molecule has 1 aromatic carbocycles. The maximum absolute atomic E-state index is 11.7. The van der Waals surface area contributed by atoms with Gasteiger partial charge < -0.3 is 14.3 Å². The molecule has 1 aromatic heterocycles. The third kappa shape index (κ3) is 3.13. The summed E-state index contributed by atoms with van der Waals surface area (Å²) in [5, 5.41) is 9.75. The number of rotatable bonds is 5. The molecule has 0 aliphatic carbocycles. The number of esters is 1. The highest BCUT2D eigenvalue weighted by atomic mass is 16.5. The number of likely N-dealkylation sites (tertiary alicyclic amines) is 1. The van der Waals surface area contributed by atoms with Crippen molar-refractivity contribution in [1.29, 1.82) is 0 Å². The predicted octanol–water partition coefficient (Wildman–Crippen LogP) is 1.37. The molecule has 1 aliphatic rings. The summed E-state index contributed by atoms with van der Waals surface area (Å²) >= 11 is 0. The highest BCUT2D eigenvalue weighted by molar-refractivity contribution is 5.76. The molecule has 2 unspecified atom stereocenters. The lowest BCUT2D eigenvalue weighted by atomic mass is 10.2. The van der Waals surface area contributed by atoms with E-state index in [-0.39, 0.29) is 12.0 Å². The Balaban J connectivity index is 1.56. The van der Waals surface area contributed by atoms with Crippen LogP contribution in [-0.2, 0) is 16.0 Å². The molecule has 3 rings (SSSR count). The molecule has 2 atom stereocenters. The molecule has 118 valence electrons. The Morgan fingerprint density at radius 3 is 3.09 bits per heavy atom. The van der Waals surface area contributed by atoms with Crippen LogP contribution in [0, 0.1) is 0 Å². The summed E-state index contributed by atoms with van der Waals surface area (Å²) in [6.07, 6.45) is 1.49. The summed E-state index contributed by atoms with van der Waals surface area (Å²) in [7, 11) is 1.38. The van der Waals surface area contributed by atoms with Crippen molar-refractivity contribution < 1.29 is 19.1 Å². The van der Waals surface area contributed by atoms with Crippen LogP contribution in [0.3, 0.4) is 0 Å². The molecule has 1 N–H and O–H groups in total. The van der Waals surface area contributed by atoms with E-state index >= 15 is 0 Å². The molecule has 0 bridgehead atoms. The largest absolute Gasteiger partial charge is 0.468 e. The Labute approximate surface area is 128 Å². The number of carbonyl (C=O) groups excluding carboxylic acids is 1. The van der Waals surface area contributed by atoms with Gasteiger partial charge in [-0.2, -0.15) is 0 Å². The van der Waals surface area contributed by atoms with Crippen LogP contribution in [0.1, 0.15) is 18.7 Å². The number of hydrogen-bond acceptors (Lipinski definition) is 6. The SMILES string of the molecule is COC(=O)C1CC(O)CN1CCCc1nc2ccccc2o1. The third-order valence-corrected chi connectivity index (χ3v) is 4.03. The van der Waals surface area contributed by atoms with Crippen molar-refractivity contribution in [3.63, 3.8) is 0 Å². The molecule has 22 heavy (non-hydrogen) atoms. The van der Waals surface area contributed by atoms with Gasteiger partial charge in [0, 0.05) is 19.4 Å². The Morgan fingerprint density at radius 2 is 2.32 bits per heavy atom. The number of aryl methyl sites for hydroxylation is 1. The van der Waals surface area contributed by atoms with Crippen LogP contribution in [0.25, 0.3) is 11.1 Å². The summed E-state index contributed by atoms with van der Waals surface area (Å²) in [4.78, 5) is 18.1. The smallest absolute Gasteiger partial charge is 0.323 e. The standard InChI is InChI=1S/C16H20N2O4/c1-21-16(20)13-9-11(19)10-18(13)8-4-7-15-17-12-5-2-3-6-14(12)22-15/h2-3,5-6,11,13,19H,4,7-10H2,1H3. The summed E-state index contributed by atoms with van der Waals surface area (Å²) < 4.78 is 10.5. The third-order valence-electron chi connectivity index (χ3n) is 4.03. The number of fused-ring (bicyclic) bond motifs is 1. The normalized spacial score (nSPS) is 22.3. The van der Waals surface area contributed by atoms with E-state index in [0.29, 0.717) is 31.8 Å². The number of methoxy groups -OCH3 is 1.